The number of amides is 1. The van der Waals surface area contributed by atoms with E-state index in [1.165, 1.54) is 24.3 Å². The third kappa shape index (κ3) is 3.64. The zero-order chi connectivity index (χ0) is 18.9. The average molecular weight is 378 g/mol. The van der Waals surface area contributed by atoms with Crippen molar-refractivity contribution in [3.05, 3.63) is 53.6 Å². The predicted molar refractivity (Wildman–Crippen MR) is 92.9 cm³/mol. The van der Waals surface area contributed by atoms with Crippen LogP contribution in [0.25, 0.3) is 0 Å². The molecule has 0 aromatic heterocycles. The van der Waals surface area contributed by atoms with Gasteiger partial charge in [0.25, 0.3) is 5.91 Å². The Morgan fingerprint density at radius 1 is 1.27 bits per heavy atom. The van der Waals surface area contributed by atoms with Crippen LogP contribution < -0.4 is 15.1 Å². The van der Waals surface area contributed by atoms with Crippen LogP contribution in [0.3, 0.4) is 0 Å². The minimum absolute atomic E-state index is 0.0125. The Bertz CT molecular complexity index is 927. The van der Waals surface area contributed by atoms with E-state index in [4.69, 9.17) is 9.94 Å². The van der Waals surface area contributed by atoms with Crippen LogP contribution in [0.2, 0.25) is 0 Å². The first-order valence-corrected chi connectivity index (χ1v) is 9.64. The highest BCUT2D eigenvalue weighted by atomic mass is 32.2. The number of aliphatic hydroxyl groups excluding tert-OH is 1. The van der Waals surface area contributed by atoms with Gasteiger partial charge in [-0.15, -0.1) is 0 Å². The summed E-state index contributed by atoms with van der Waals surface area (Å²) in [6.07, 6.45) is 0.249. The number of ether oxygens (including phenoxy) is 1. The molecule has 26 heavy (non-hydrogen) atoms. The fraction of sp³-hybridized carbons (Fsp3) is 0.235. The zero-order valence-corrected chi connectivity index (χ0v) is 14.7. The molecule has 0 fully saturated rings. The van der Waals surface area contributed by atoms with Crippen molar-refractivity contribution in [1.82, 2.24) is 5.48 Å². The van der Waals surface area contributed by atoms with Crippen molar-refractivity contribution in [2.45, 2.75) is 17.7 Å². The maximum Gasteiger partial charge on any atom is 0.274 e. The molecule has 8 nitrogen and oxygen atoms in total. The molecular weight excluding hydrogens is 360 g/mol. The Kier molecular flexibility index (Phi) is 4.86. The van der Waals surface area contributed by atoms with E-state index in [1.54, 1.807) is 28.6 Å². The van der Waals surface area contributed by atoms with E-state index in [9.17, 15) is 18.3 Å². The molecule has 0 saturated carbocycles. The number of carbonyl (C=O) groups is 1. The van der Waals surface area contributed by atoms with Crippen LogP contribution in [-0.4, -0.2) is 43.7 Å². The van der Waals surface area contributed by atoms with E-state index in [1.807, 2.05) is 0 Å². The molecule has 0 saturated heterocycles. The molecule has 1 amide bonds. The molecule has 1 heterocycles. The smallest absolute Gasteiger partial charge is 0.274 e. The molecule has 1 unspecified atom stereocenters. The summed E-state index contributed by atoms with van der Waals surface area (Å²) in [6.45, 7) is 0.339. The van der Waals surface area contributed by atoms with Gasteiger partial charge in [-0.1, -0.05) is 12.1 Å². The van der Waals surface area contributed by atoms with E-state index in [0.29, 0.717) is 18.0 Å². The molecule has 0 bridgehead atoms. The SMILES string of the molecule is CS(=O)(=O)c1ccc(CN2c3ccc(C(=O)NO)cc3OCC2O)cc1. The molecule has 2 aromatic carbocycles. The van der Waals surface area contributed by atoms with Gasteiger partial charge < -0.3 is 14.7 Å². The Balaban J connectivity index is 1.88. The molecule has 9 heteroatoms. The molecule has 3 rings (SSSR count). The van der Waals surface area contributed by atoms with Crippen LogP contribution in [-0.2, 0) is 16.4 Å². The van der Waals surface area contributed by atoms with Crippen LogP contribution in [0, 0.1) is 0 Å². The fourth-order valence-corrected chi connectivity index (χ4v) is 3.35. The van der Waals surface area contributed by atoms with Gasteiger partial charge in [0, 0.05) is 18.4 Å². The first kappa shape index (κ1) is 18.2. The quantitative estimate of drug-likeness (QED) is 0.535. The molecule has 0 aliphatic carbocycles. The summed E-state index contributed by atoms with van der Waals surface area (Å²) in [5.41, 5.74) is 3.18. The van der Waals surface area contributed by atoms with Crippen LogP contribution in [0.5, 0.6) is 5.75 Å². The Morgan fingerprint density at radius 2 is 1.96 bits per heavy atom. The second-order valence-corrected chi connectivity index (χ2v) is 7.97. The highest BCUT2D eigenvalue weighted by molar-refractivity contribution is 7.90. The number of fused-ring (bicyclic) bond motifs is 1. The standard InChI is InChI=1S/C17H18N2O6S/c1-26(23,24)13-5-2-11(3-6-13)9-19-14-7-4-12(17(21)18-22)8-15(14)25-10-16(19)20/h2-8,16,20,22H,9-10H2,1H3,(H,18,21). The molecule has 0 spiro atoms. The van der Waals surface area contributed by atoms with Crippen LogP contribution >= 0.6 is 0 Å². The summed E-state index contributed by atoms with van der Waals surface area (Å²) in [6, 6.07) is 11.0. The van der Waals surface area contributed by atoms with Crippen LogP contribution in [0.15, 0.2) is 47.4 Å². The summed E-state index contributed by atoms with van der Waals surface area (Å²) in [4.78, 5) is 13.4. The lowest BCUT2D eigenvalue weighted by Crippen LogP contribution is -2.42. The number of nitrogens with zero attached hydrogens (tertiary/aromatic N) is 1. The Labute approximate surface area is 150 Å². The van der Waals surface area contributed by atoms with Gasteiger partial charge >= 0.3 is 0 Å². The molecule has 2 aromatic rings. The second kappa shape index (κ2) is 6.94. The van der Waals surface area contributed by atoms with E-state index in [0.717, 1.165) is 11.8 Å². The third-order valence-electron chi connectivity index (χ3n) is 4.09. The van der Waals surface area contributed by atoms with Crippen molar-refractivity contribution in [3.8, 4) is 5.75 Å². The second-order valence-electron chi connectivity index (χ2n) is 5.96. The predicted octanol–water partition coefficient (Wildman–Crippen LogP) is 0.926. The maximum atomic E-state index is 11.5. The molecule has 138 valence electrons. The van der Waals surface area contributed by atoms with Gasteiger partial charge in [-0.25, -0.2) is 13.9 Å². The average Bonchev–Trinajstić information content (AvgIpc) is 2.62. The summed E-state index contributed by atoms with van der Waals surface area (Å²) >= 11 is 0. The van der Waals surface area contributed by atoms with Gasteiger partial charge in [0.1, 0.15) is 12.4 Å². The molecular formula is C17H18N2O6S. The number of anilines is 1. The fourth-order valence-electron chi connectivity index (χ4n) is 2.72. The number of rotatable bonds is 4. The number of nitrogens with one attached hydrogen (secondary N) is 1. The van der Waals surface area contributed by atoms with E-state index >= 15 is 0 Å². The number of hydrogen-bond acceptors (Lipinski definition) is 7. The largest absolute Gasteiger partial charge is 0.487 e. The molecule has 3 N–H and O–H groups in total. The van der Waals surface area contributed by atoms with Crippen molar-refractivity contribution in [3.63, 3.8) is 0 Å². The summed E-state index contributed by atoms with van der Waals surface area (Å²) < 4.78 is 28.6. The molecule has 0 radical (unpaired) electrons. The first-order valence-electron chi connectivity index (χ1n) is 7.74. The number of carbonyl (C=O) groups excluding carboxylic acids is 1. The number of sulfone groups is 1. The van der Waals surface area contributed by atoms with E-state index in [2.05, 4.69) is 0 Å². The van der Waals surface area contributed by atoms with Gasteiger partial charge in [-0.3, -0.25) is 10.0 Å². The van der Waals surface area contributed by atoms with Crippen LogP contribution in [0.1, 0.15) is 15.9 Å². The zero-order valence-electron chi connectivity index (χ0n) is 13.9. The van der Waals surface area contributed by atoms with Gasteiger partial charge in [-0.05, 0) is 35.9 Å². The molecule has 1 atom stereocenters. The number of benzene rings is 2. The third-order valence-corrected chi connectivity index (χ3v) is 5.21. The Morgan fingerprint density at radius 3 is 2.58 bits per heavy atom. The van der Waals surface area contributed by atoms with Gasteiger partial charge in [0.15, 0.2) is 16.1 Å². The lowest BCUT2D eigenvalue weighted by atomic mass is 10.1. The summed E-state index contributed by atoms with van der Waals surface area (Å²) in [5, 5.41) is 19.0. The van der Waals surface area contributed by atoms with E-state index < -0.39 is 22.0 Å². The number of hydroxylamine groups is 1. The highest BCUT2D eigenvalue weighted by Crippen LogP contribution is 2.35. The summed E-state index contributed by atoms with van der Waals surface area (Å²) in [5.74, 6) is -0.255. The van der Waals surface area contributed by atoms with Gasteiger partial charge in [0.2, 0.25) is 0 Å². The van der Waals surface area contributed by atoms with E-state index in [-0.39, 0.29) is 17.1 Å². The number of aliphatic hydroxyl groups is 1. The van der Waals surface area contributed by atoms with Crippen molar-refractivity contribution in [2.24, 2.45) is 0 Å². The molecule has 1 aliphatic rings. The monoisotopic (exact) mass is 378 g/mol. The maximum absolute atomic E-state index is 11.5. The summed E-state index contributed by atoms with van der Waals surface area (Å²) in [7, 11) is -3.27. The normalized spacial score (nSPS) is 16.6. The minimum atomic E-state index is -3.27. The van der Waals surface area contributed by atoms with Crippen molar-refractivity contribution < 1.29 is 28.3 Å². The minimum Gasteiger partial charge on any atom is -0.487 e. The topological polar surface area (TPSA) is 116 Å². The molecule has 1 aliphatic heterocycles. The lowest BCUT2D eigenvalue weighted by molar-refractivity contribution is 0.0704. The first-order chi connectivity index (χ1) is 12.3. The van der Waals surface area contributed by atoms with Crippen molar-refractivity contribution >= 4 is 21.4 Å². The Hall–Kier alpha value is -2.62. The van der Waals surface area contributed by atoms with Crippen LogP contribution in [0.4, 0.5) is 5.69 Å². The van der Waals surface area contributed by atoms with Crippen molar-refractivity contribution in [2.75, 3.05) is 17.8 Å². The van der Waals surface area contributed by atoms with Gasteiger partial charge in [0.05, 0.1) is 10.6 Å². The number of hydrogen-bond donors (Lipinski definition) is 3. The van der Waals surface area contributed by atoms with Gasteiger partial charge in [-0.2, -0.15) is 0 Å². The lowest BCUT2D eigenvalue weighted by Gasteiger charge is -2.35. The van der Waals surface area contributed by atoms with Crippen molar-refractivity contribution in [1.29, 1.82) is 0 Å². The highest BCUT2D eigenvalue weighted by Gasteiger charge is 2.27.